The number of hydrogen-bond donors (Lipinski definition) is 2. The number of nitriles is 1. The number of amides is 1. The highest BCUT2D eigenvalue weighted by molar-refractivity contribution is 5.83. The Morgan fingerprint density at radius 3 is 2.94 bits per heavy atom. The van der Waals surface area contributed by atoms with Crippen molar-refractivity contribution in [3.8, 4) is 6.07 Å². The maximum absolute atomic E-state index is 12.0. The van der Waals surface area contributed by atoms with E-state index in [0.717, 1.165) is 32.1 Å². The van der Waals surface area contributed by atoms with Crippen molar-refractivity contribution >= 4 is 5.91 Å². The summed E-state index contributed by atoms with van der Waals surface area (Å²) >= 11 is 0. The van der Waals surface area contributed by atoms with Crippen LogP contribution in [0.4, 0.5) is 0 Å². The van der Waals surface area contributed by atoms with Crippen LogP contribution in [-0.4, -0.2) is 18.5 Å². The predicted molar refractivity (Wildman–Crippen MR) is 62.4 cm³/mol. The monoisotopic (exact) mass is 223 g/mol. The average molecular weight is 223 g/mol. The Balaban J connectivity index is 2.27. The fourth-order valence-electron chi connectivity index (χ4n) is 2.21. The third kappa shape index (κ3) is 2.96. The summed E-state index contributed by atoms with van der Waals surface area (Å²) in [5.74, 6) is 0.0782. The molecule has 0 aromatic heterocycles. The lowest BCUT2D eigenvalue weighted by molar-refractivity contribution is -0.130. The number of carbonyl (C=O) groups is 1. The van der Waals surface area contributed by atoms with E-state index in [1.807, 2.05) is 6.92 Å². The van der Waals surface area contributed by atoms with Crippen LogP contribution in [0, 0.1) is 16.7 Å². The molecule has 2 unspecified atom stereocenters. The standard InChI is InChI=1S/C12H21N3O/c1-12(7-5-6-10(12)14)11(16)15-9-4-2-3-8-13/h10H,2-7,9,14H2,1H3,(H,15,16). The van der Waals surface area contributed by atoms with E-state index in [1.54, 1.807) is 0 Å². The Kier molecular flexibility index (Phi) is 4.75. The molecule has 1 amide bonds. The molecule has 1 fully saturated rings. The van der Waals surface area contributed by atoms with Gasteiger partial charge in [-0.1, -0.05) is 6.42 Å². The number of nitrogens with two attached hydrogens (primary N) is 1. The fourth-order valence-corrected chi connectivity index (χ4v) is 2.21. The normalized spacial score (nSPS) is 28.7. The van der Waals surface area contributed by atoms with Gasteiger partial charge in [0.05, 0.1) is 11.5 Å². The summed E-state index contributed by atoms with van der Waals surface area (Å²) in [6, 6.07) is 2.08. The zero-order chi connectivity index (χ0) is 12.0. The van der Waals surface area contributed by atoms with Crippen molar-refractivity contribution < 1.29 is 4.79 Å². The molecule has 0 aromatic carbocycles. The van der Waals surface area contributed by atoms with Gasteiger partial charge in [-0.2, -0.15) is 5.26 Å². The second-order valence-corrected chi connectivity index (χ2v) is 4.79. The van der Waals surface area contributed by atoms with Crippen LogP contribution < -0.4 is 11.1 Å². The van der Waals surface area contributed by atoms with Gasteiger partial charge in [0.1, 0.15) is 0 Å². The van der Waals surface area contributed by atoms with Crippen LogP contribution in [0.5, 0.6) is 0 Å². The van der Waals surface area contributed by atoms with Crippen molar-refractivity contribution in [3.63, 3.8) is 0 Å². The van der Waals surface area contributed by atoms with Crippen LogP contribution in [0.2, 0.25) is 0 Å². The number of unbranched alkanes of at least 4 members (excludes halogenated alkanes) is 2. The zero-order valence-electron chi connectivity index (χ0n) is 9.96. The molecule has 2 atom stereocenters. The van der Waals surface area contributed by atoms with E-state index in [2.05, 4.69) is 11.4 Å². The third-order valence-corrected chi connectivity index (χ3v) is 3.55. The zero-order valence-corrected chi connectivity index (χ0v) is 9.96. The first-order valence-electron chi connectivity index (χ1n) is 6.02. The molecule has 0 radical (unpaired) electrons. The Bertz CT molecular complexity index is 284. The summed E-state index contributed by atoms with van der Waals surface area (Å²) in [4.78, 5) is 12.0. The average Bonchev–Trinajstić information content (AvgIpc) is 2.60. The Morgan fingerprint density at radius 1 is 1.62 bits per heavy atom. The quantitative estimate of drug-likeness (QED) is 0.690. The van der Waals surface area contributed by atoms with E-state index in [4.69, 9.17) is 11.0 Å². The number of carbonyl (C=O) groups excluding carboxylic acids is 1. The van der Waals surface area contributed by atoms with Gasteiger partial charge in [0.2, 0.25) is 5.91 Å². The lowest BCUT2D eigenvalue weighted by Crippen LogP contribution is -2.47. The Labute approximate surface area is 97.2 Å². The van der Waals surface area contributed by atoms with Crippen molar-refractivity contribution in [1.82, 2.24) is 5.32 Å². The SMILES string of the molecule is CC1(C(=O)NCCCCC#N)CCCC1N. The largest absolute Gasteiger partial charge is 0.356 e. The summed E-state index contributed by atoms with van der Waals surface area (Å²) in [6.45, 7) is 2.61. The second kappa shape index (κ2) is 5.86. The summed E-state index contributed by atoms with van der Waals surface area (Å²) in [5.41, 5.74) is 5.58. The van der Waals surface area contributed by atoms with Gasteiger partial charge in [-0.15, -0.1) is 0 Å². The molecule has 1 aliphatic rings. The minimum Gasteiger partial charge on any atom is -0.356 e. The second-order valence-electron chi connectivity index (χ2n) is 4.79. The molecule has 0 aliphatic heterocycles. The molecule has 4 nitrogen and oxygen atoms in total. The molecule has 0 bridgehead atoms. The van der Waals surface area contributed by atoms with Crippen molar-refractivity contribution in [2.45, 2.75) is 51.5 Å². The number of rotatable bonds is 5. The highest BCUT2D eigenvalue weighted by Gasteiger charge is 2.42. The van der Waals surface area contributed by atoms with Gasteiger partial charge in [-0.25, -0.2) is 0 Å². The minimum atomic E-state index is -0.380. The van der Waals surface area contributed by atoms with Crippen LogP contribution in [0.15, 0.2) is 0 Å². The van der Waals surface area contributed by atoms with Crippen LogP contribution in [0.25, 0.3) is 0 Å². The molecule has 0 heterocycles. The summed E-state index contributed by atoms with van der Waals surface area (Å²) < 4.78 is 0. The van der Waals surface area contributed by atoms with Gasteiger partial charge in [0.15, 0.2) is 0 Å². The van der Waals surface area contributed by atoms with Crippen LogP contribution in [0.3, 0.4) is 0 Å². The molecular formula is C12H21N3O. The van der Waals surface area contributed by atoms with Crippen molar-refractivity contribution in [2.24, 2.45) is 11.1 Å². The summed E-state index contributed by atoms with van der Waals surface area (Å²) in [6.07, 6.45) is 5.15. The van der Waals surface area contributed by atoms with Crippen molar-refractivity contribution in [1.29, 1.82) is 5.26 Å². The Morgan fingerprint density at radius 2 is 2.38 bits per heavy atom. The van der Waals surface area contributed by atoms with Crippen molar-refractivity contribution in [3.05, 3.63) is 0 Å². The van der Waals surface area contributed by atoms with Gasteiger partial charge in [0.25, 0.3) is 0 Å². The first-order chi connectivity index (χ1) is 7.61. The predicted octanol–water partition coefficient (Wildman–Crippen LogP) is 1.31. The van der Waals surface area contributed by atoms with Crippen LogP contribution in [-0.2, 0) is 4.79 Å². The molecular weight excluding hydrogens is 202 g/mol. The maximum atomic E-state index is 12.0. The van der Waals surface area contributed by atoms with E-state index in [0.29, 0.717) is 13.0 Å². The van der Waals surface area contributed by atoms with Gasteiger partial charge < -0.3 is 11.1 Å². The smallest absolute Gasteiger partial charge is 0.227 e. The first-order valence-corrected chi connectivity index (χ1v) is 6.02. The summed E-state index contributed by atoms with van der Waals surface area (Å²) in [7, 11) is 0. The topological polar surface area (TPSA) is 78.9 Å². The first kappa shape index (κ1) is 13.0. The lowest BCUT2D eigenvalue weighted by atomic mass is 9.84. The number of nitrogens with one attached hydrogen (secondary N) is 1. The van der Waals surface area contributed by atoms with Gasteiger partial charge in [0, 0.05) is 19.0 Å². The van der Waals surface area contributed by atoms with E-state index < -0.39 is 0 Å². The third-order valence-electron chi connectivity index (χ3n) is 3.55. The van der Waals surface area contributed by atoms with Crippen LogP contribution in [0.1, 0.15) is 45.4 Å². The van der Waals surface area contributed by atoms with E-state index in [9.17, 15) is 4.79 Å². The lowest BCUT2D eigenvalue weighted by Gasteiger charge is -2.27. The van der Waals surface area contributed by atoms with Gasteiger partial charge >= 0.3 is 0 Å². The van der Waals surface area contributed by atoms with Gasteiger partial charge in [-0.05, 0) is 32.6 Å². The molecule has 1 saturated carbocycles. The molecule has 90 valence electrons. The number of nitrogens with zero attached hydrogens (tertiary/aromatic N) is 1. The molecule has 1 rings (SSSR count). The summed E-state index contributed by atoms with van der Waals surface area (Å²) in [5, 5.41) is 11.3. The number of hydrogen-bond acceptors (Lipinski definition) is 3. The maximum Gasteiger partial charge on any atom is 0.227 e. The van der Waals surface area contributed by atoms with Crippen LogP contribution >= 0.6 is 0 Å². The molecule has 0 saturated heterocycles. The van der Waals surface area contributed by atoms with E-state index in [1.165, 1.54) is 0 Å². The molecule has 0 spiro atoms. The van der Waals surface area contributed by atoms with Crippen molar-refractivity contribution in [2.75, 3.05) is 6.54 Å². The molecule has 3 N–H and O–H groups in total. The fraction of sp³-hybridized carbons (Fsp3) is 0.833. The molecule has 1 aliphatic carbocycles. The molecule has 4 heteroatoms. The molecule has 16 heavy (non-hydrogen) atoms. The van der Waals surface area contributed by atoms with E-state index in [-0.39, 0.29) is 17.4 Å². The highest BCUT2D eigenvalue weighted by Crippen LogP contribution is 2.36. The van der Waals surface area contributed by atoms with E-state index >= 15 is 0 Å². The minimum absolute atomic E-state index is 0.00777. The Hall–Kier alpha value is -1.08. The molecule has 0 aromatic rings. The highest BCUT2D eigenvalue weighted by atomic mass is 16.2. The van der Waals surface area contributed by atoms with Gasteiger partial charge in [-0.3, -0.25) is 4.79 Å².